The summed E-state index contributed by atoms with van der Waals surface area (Å²) in [6, 6.07) is -0.832. The summed E-state index contributed by atoms with van der Waals surface area (Å²) in [5.41, 5.74) is 0. The van der Waals surface area contributed by atoms with Crippen molar-refractivity contribution in [1.82, 2.24) is 5.32 Å². The van der Waals surface area contributed by atoms with Gasteiger partial charge in [-0.3, -0.25) is 4.79 Å². The number of hydrogen-bond donors (Lipinski definition) is 6. The summed E-state index contributed by atoms with van der Waals surface area (Å²) in [6.45, 7) is 3.78. The molecule has 1 heterocycles. The Kier molecular flexibility index (Phi) is 49.8. The van der Waals surface area contributed by atoms with Crippen LogP contribution in [-0.4, -0.2) is 87.5 Å². The van der Waals surface area contributed by atoms with E-state index in [0.29, 0.717) is 6.42 Å². The van der Waals surface area contributed by atoms with Gasteiger partial charge in [-0.25, -0.2) is 0 Å². The summed E-state index contributed by atoms with van der Waals surface area (Å²) in [4.78, 5) is 13.0. The van der Waals surface area contributed by atoms with E-state index in [0.717, 1.165) is 57.8 Å². The number of rotatable bonds is 53. The lowest BCUT2D eigenvalue weighted by atomic mass is 9.99. The summed E-state index contributed by atoms with van der Waals surface area (Å²) in [5.74, 6) is -0.194. The highest BCUT2D eigenvalue weighted by Crippen LogP contribution is 2.23. The second kappa shape index (κ2) is 52.6. The Morgan fingerprint density at radius 2 is 0.792 bits per heavy atom. The van der Waals surface area contributed by atoms with Gasteiger partial charge in [0.15, 0.2) is 6.29 Å². The average Bonchev–Trinajstić information content (AvgIpc) is 3.38. The van der Waals surface area contributed by atoms with Crippen LogP contribution in [0.25, 0.3) is 0 Å². The van der Waals surface area contributed by atoms with Crippen LogP contribution in [0.3, 0.4) is 0 Å². The first-order chi connectivity index (χ1) is 35.3. The van der Waals surface area contributed by atoms with Crippen molar-refractivity contribution in [1.29, 1.82) is 0 Å². The number of ether oxygens (including phenoxy) is 2. The van der Waals surface area contributed by atoms with E-state index in [4.69, 9.17) is 9.47 Å². The first-order valence-corrected chi connectivity index (χ1v) is 30.9. The number of aliphatic hydroxyl groups is 5. The normalized spacial score (nSPS) is 19.5. The molecular formula is C63H117NO8. The molecule has 1 aliphatic heterocycles. The molecule has 7 atom stereocenters. The van der Waals surface area contributed by atoms with E-state index in [1.54, 1.807) is 6.08 Å². The van der Waals surface area contributed by atoms with Crippen molar-refractivity contribution < 1.29 is 39.8 Å². The van der Waals surface area contributed by atoms with E-state index >= 15 is 0 Å². The summed E-state index contributed by atoms with van der Waals surface area (Å²) >= 11 is 0. The lowest BCUT2D eigenvalue weighted by Gasteiger charge is -2.40. The lowest BCUT2D eigenvalue weighted by molar-refractivity contribution is -0.302. The summed E-state index contributed by atoms with van der Waals surface area (Å²) < 4.78 is 11.3. The summed E-state index contributed by atoms with van der Waals surface area (Å²) in [6.07, 6.45) is 63.4. The highest BCUT2D eigenvalue weighted by Gasteiger charge is 2.44. The molecule has 9 nitrogen and oxygen atoms in total. The maximum Gasteiger partial charge on any atom is 0.220 e. The molecule has 1 rings (SSSR count). The molecule has 7 unspecified atom stereocenters. The number of carbonyl (C=O) groups excluding carboxylic acids is 1. The van der Waals surface area contributed by atoms with Crippen LogP contribution in [0.5, 0.6) is 0 Å². The van der Waals surface area contributed by atoms with Gasteiger partial charge in [0, 0.05) is 6.42 Å². The highest BCUT2D eigenvalue weighted by atomic mass is 16.7. The maximum atomic E-state index is 13.0. The van der Waals surface area contributed by atoms with Gasteiger partial charge in [0.2, 0.25) is 5.91 Å². The molecule has 0 saturated carbocycles. The van der Waals surface area contributed by atoms with Crippen molar-refractivity contribution in [2.45, 2.75) is 333 Å². The van der Waals surface area contributed by atoms with Crippen molar-refractivity contribution in [2.75, 3.05) is 13.2 Å². The Labute approximate surface area is 444 Å². The van der Waals surface area contributed by atoms with Gasteiger partial charge in [-0.1, -0.05) is 262 Å². The quantitative estimate of drug-likeness (QED) is 0.0261. The number of allylic oxidation sites excluding steroid dienone is 7. The zero-order chi connectivity index (χ0) is 52.2. The largest absolute Gasteiger partial charge is 0.394 e. The second-order valence-corrected chi connectivity index (χ2v) is 21.5. The van der Waals surface area contributed by atoms with Gasteiger partial charge in [-0.2, -0.15) is 0 Å². The van der Waals surface area contributed by atoms with Gasteiger partial charge >= 0.3 is 0 Å². The number of aliphatic hydroxyl groups excluding tert-OH is 5. The minimum Gasteiger partial charge on any atom is -0.394 e. The molecule has 1 aliphatic rings. The molecule has 0 spiro atoms. The predicted octanol–water partition coefficient (Wildman–Crippen LogP) is 15.7. The molecule has 0 bridgehead atoms. The second-order valence-electron chi connectivity index (χ2n) is 21.5. The van der Waals surface area contributed by atoms with Crippen LogP contribution in [0.4, 0.5) is 0 Å². The topological polar surface area (TPSA) is 149 Å². The molecule has 9 heteroatoms. The van der Waals surface area contributed by atoms with Gasteiger partial charge < -0.3 is 40.3 Å². The van der Waals surface area contributed by atoms with E-state index in [9.17, 15) is 30.3 Å². The van der Waals surface area contributed by atoms with Gasteiger partial charge in [0.25, 0.3) is 0 Å². The Morgan fingerprint density at radius 3 is 1.17 bits per heavy atom. The third kappa shape index (κ3) is 41.4. The van der Waals surface area contributed by atoms with Crippen molar-refractivity contribution >= 4 is 5.91 Å². The minimum atomic E-state index is -1.58. The fourth-order valence-electron chi connectivity index (χ4n) is 9.72. The van der Waals surface area contributed by atoms with E-state index in [2.05, 4.69) is 55.6 Å². The maximum absolute atomic E-state index is 13.0. The Morgan fingerprint density at radius 1 is 0.458 bits per heavy atom. The molecule has 72 heavy (non-hydrogen) atoms. The molecular weight excluding hydrogens is 899 g/mol. The molecule has 6 N–H and O–H groups in total. The van der Waals surface area contributed by atoms with E-state index in [1.165, 1.54) is 212 Å². The Hall–Kier alpha value is -1.85. The molecule has 422 valence electrons. The lowest BCUT2D eigenvalue weighted by Crippen LogP contribution is -2.60. The Bertz CT molecular complexity index is 1270. The molecule has 0 radical (unpaired) electrons. The van der Waals surface area contributed by atoms with Crippen LogP contribution in [0.2, 0.25) is 0 Å². The molecule has 0 aromatic rings. The monoisotopic (exact) mass is 1020 g/mol. The van der Waals surface area contributed by atoms with Crippen molar-refractivity contribution in [3.8, 4) is 0 Å². The minimum absolute atomic E-state index is 0.194. The third-order valence-electron chi connectivity index (χ3n) is 14.6. The van der Waals surface area contributed by atoms with Crippen LogP contribution < -0.4 is 5.32 Å². The summed E-state index contributed by atoms with van der Waals surface area (Å²) in [5, 5.41) is 54.5. The van der Waals surface area contributed by atoms with Crippen molar-refractivity contribution in [3.63, 3.8) is 0 Å². The molecule has 0 aromatic carbocycles. The molecule has 0 aliphatic carbocycles. The number of hydrogen-bond acceptors (Lipinski definition) is 8. The fourth-order valence-corrected chi connectivity index (χ4v) is 9.72. The zero-order valence-corrected chi connectivity index (χ0v) is 46.9. The van der Waals surface area contributed by atoms with Crippen molar-refractivity contribution in [3.05, 3.63) is 48.6 Å². The van der Waals surface area contributed by atoms with E-state index in [-0.39, 0.29) is 12.5 Å². The fraction of sp³-hybridized carbons (Fsp3) is 0.857. The first kappa shape index (κ1) is 68.2. The molecule has 1 amide bonds. The van der Waals surface area contributed by atoms with Crippen molar-refractivity contribution in [2.24, 2.45) is 0 Å². The standard InChI is InChI=1S/C63H117NO8/c1-3-5-7-9-11-13-15-17-19-21-23-24-25-26-27-28-29-30-31-32-33-34-35-36-38-40-42-44-46-48-50-52-57(66)56(55-71-63-62(70)61(69)60(68)58(54-65)72-63)64-59(67)53-51-49-47-45-43-41-39-37-22-20-18-16-14-12-10-8-6-4-2/h20,22,35-36,42,44,50,52,56-58,60-63,65-66,68-70H,3-19,21,23-34,37-41,43,45-49,51,53-55H2,1-2H3,(H,64,67)/b22-20-,36-35+,44-42+,52-50+. The van der Waals surface area contributed by atoms with E-state index < -0.39 is 49.5 Å². The van der Waals surface area contributed by atoms with Crippen LogP contribution in [0, 0.1) is 0 Å². The molecule has 0 aromatic heterocycles. The summed E-state index contributed by atoms with van der Waals surface area (Å²) in [7, 11) is 0. The highest BCUT2D eigenvalue weighted by molar-refractivity contribution is 5.76. The van der Waals surface area contributed by atoms with Gasteiger partial charge in [0.1, 0.15) is 24.4 Å². The van der Waals surface area contributed by atoms with Gasteiger partial charge in [0.05, 0.1) is 25.4 Å². The van der Waals surface area contributed by atoms with E-state index in [1.807, 2.05) is 6.08 Å². The zero-order valence-electron chi connectivity index (χ0n) is 46.9. The van der Waals surface area contributed by atoms with Crippen LogP contribution in [-0.2, 0) is 14.3 Å². The van der Waals surface area contributed by atoms with Gasteiger partial charge in [-0.05, 0) is 70.6 Å². The predicted molar refractivity (Wildman–Crippen MR) is 304 cm³/mol. The van der Waals surface area contributed by atoms with Gasteiger partial charge in [-0.15, -0.1) is 0 Å². The number of carbonyl (C=O) groups is 1. The van der Waals surface area contributed by atoms with Crippen LogP contribution in [0.15, 0.2) is 48.6 Å². The smallest absolute Gasteiger partial charge is 0.220 e. The number of nitrogens with one attached hydrogen (secondary N) is 1. The number of amides is 1. The van der Waals surface area contributed by atoms with Crippen LogP contribution in [0.1, 0.15) is 290 Å². The van der Waals surface area contributed by atoms with Crippen LogP contribution >= 0.6 is 0 Å². The molecule has 1 saturated heterocycles. The first-order valence-electron chi connectivity index (χ1n) is 30.9. The Balaban J connectivity index is 2.21. The third-order valence-corrected chi connectivity index (χ3v) is 14.6. The SMILES string of the molecule is CCCCCCCCC/C=C\CCCCCCCCCC(=O)NC(COC1OC(CO)C(O)C(O)C1O)C(O)/C=C/CC/C=C/CC/C=C/CCCCCCCCCCCCCCCCCCCCCCC. The average molecular weight is 1020 g/mol. The molecule has 1 fully saturated rings. The number of unbranched alkanes of at least 4 members (excludes halogenated alkanes) is 37.